The molecule has 1 aromatic rings. The van der Waals surface area contributed by atoms with E-state index >= 15 is 0 Å². The van der Waals surface area contributed by atoms with Gasteiger partial charge in [0, 0.05) is 18.1 Å². The van der Waals surface area contributed by atoms with Crippen LogP contribution < -0.4 is 5.73 Å². The highest BCUT2D eigenvalue weighted by Gasteiger charge is 2.36. The standard InChI is InChI=1S/C15H22F4N2/c1-5-14(2,3)21(4)13(9-20)10-6-7-12(16)11(8-10)15(17,18)19/h6-8,13H,5,9,20H2,1-4H3. The lowest BCUT2D eigenvalue weighted by Crippen LogP contribution is -2.45. The van der Waals surface area contributed by atoms with Gasteiger partial charge in [0.15, 0.2) is 0 Å². The van der Waals surface area contributed by atoms with Crippen LogP contribution in [-0.4, -0.2) is 24.0 Å². The van der Waals surface area contributed by atoms with Crippen LogP contribution in [0.4, 0.5) is 17.6 Å². The largest absolute Gasteiger partial charge is 0.419 e. The van der Waals surface area contributed by atoms with E-state index in [0.29, 0.717) is 5.56 Å². The number of alkyl halides is 3. The third-order valence-electron chi connectivity index (χ3n) is 4.19. The molecular formula is C15H22F4N2. The number of likely N-dealkylation sites (N-methyl/N-ethyl adjacent to an activating group) is 1. The molecule has 0 radical (unpaired) electrons. The second-order valence-corrected chi connectivity index (χ2v) is 5.77. The molecule has 0 saturated carbocycles. The van der Waals surface area contributed by atoms with Gasteiger partial charge in [-0.15, -0.1) is 0 Å². The fourth-order valence-corrected chi connectivity index (χ4v) is 2.16. The number of hydrogen-bond donors (Lipinski definition) is 1. The molecule has 0 aromatic heterocycles. The van der Waals surface area contributed by atoms with E-state index in [2.05, 4.69) is 0 Å². The molecule has 1 aromatic carbocycles. The molecule has 6 heteroatoms. The summed E-state index contributed by atoms with van der Waals surface area (Å²) in [7, 11) is 1.82. The molecule has 0 heterocycles. The van der Waals surface area contributed by atoms with Crippen molar-refractivity contribution < 1.29 is 17.6 Å². The van der Waals surface area contributed by atoms with Gasteiger partial charge in [0.25, 0.3) is 0 Å². The Balaban J connectivity index is 3.25. The first kappa shape index (κ1) is 17.9. The Kier molecular flexibility index (Phi) is 5.39. The summed E-state index contributed by atoms with van der Waals surface area (Å²) in [6, 6.07) is 2.68. The lowest BCUT2D eigenvalue weighted by Gasteiger charge is -2.40. The second-order valence-electron chi connectivity index (χ2n) is 5.77. The van der Waals surface area contributed by atoms with Crippen molar-refractivity contribution in [1.82, 2.24) is 4.90 Å². The van der Waals surface area contributed by atoms with Crippen LogP contribution in [0.3, 0.4) is 0 Å². The van der Waals surface area contributed by atoms with Crippen molar-refractivity contribution in [2.45, 2.75) is 44.9 Å². The topological polar surface area (TPSA) is 29.3 Å². The Labute approximate surface area is 122 Å². The summed E-state index contributed by atoms with van der Waals surface area (Å²) in [5, 5.41) is 0. The summed E-state index contributed by atoms with van der Waals surface area (Å²) in [5.41, 5.74) is 4.63. The van der Waals surface area contributed by atoms with Crippen molar-refractivity contribution in [3.8, 4) is 0 Å². The number of nitrogens with two attached hydrogens (primary N) is 1. The molecule has 2 nitrogen and oxygen atoms in total. The van der Waals surface area contributed by atoms with E-state index in [1.807, 2.05) is 32.7 Å². The van der Waals surface area contributed by atoms with E-state index in [1.54, 1.807) is 0 Å². The van der Waals surface area contributed by atoms with Gasteiger partial charge in [-0.25, -0.2) is 4.39 Å². The quantitative estimate of drug-likeness (QED) is 0.834. The fraction of sp³-hybridized carbons (Fsp3) is 0.600. The average Bonchev–Trinajstić information content (AvgIpc) is 2.39. The maximum Gasteiger partial charge on any atom is 0.419 e. The predicted octanol–water partition coefficient (Wildman–Crippen LogP) is 3.96. The minimum absolute atomic E-state index is 0.156. The van der Waals surface area contributed by atoms with Gasteiger partial charge in [-0.2, -0.15) is 13.2 Å². The Morgan fingerprint density at radius 1 is 1.24 bits per heavy atom. The van der Waals surface area contributed by atoms with Gasteiger partial charge in [0.2, 0.25) is 0 Å². The van der Waals surface area contributed by atoms with E-state index in [0.717, 1.165) is 18.6 Å². The zero-order valence-electron chi connectivity index (χ0n) is 12.8. The summed E-state index contributed by atoms with van der Waals surface area (Å²) in [4.78, 5) is 1.93. The highest BCUT2D eigenvalue weighted by molar-refractivity contribution is 5.30. The van der Waals surface area contributed by atoms with Crippen LogP contribution in [0.15, 0.2) is 18.2 Å². The molecule has 1 atom stereocenters. The predicted molar refractivity (Wildman–Crippen MR) is 75.3 cm³/mol. The van der Waals surface area contributed by atoms with Crippen LogP contribution in [0.5, 0.6) is 0 Å². The van der Waals surface area contributed by atoms with Crippen molar-refractivity contribution in [3.05, 3.63) is 35.1 Å². The maximum absolute atomic E-state index is 13.4. The molecule has 1 unspecified atom stereocenters. The van der Waals surface area contributed by atoms with Crippen LogP contribution in [0.1, 0.15) is 44.4 Å². The number of benzene rings is 1. The van der Waals surface area contributed by atoms with Gasteiger partial charge in [0.05, 0.1) is 5.56 Å². The number of hydrogen-bond acceptors (Lipinski definition) is 2. The normalized spacial score (nSPS) is 14.6. The molecule has 0 aliphatic heterocycles. The molecule has 2 N–H and O–H groups in total. The van der Waals surface area contributed by atoms with Crippen LogP contribution in [0, 0.1) is 5.82 Å². The summed E-state index contributed by atoms with van der Waals surface area (Å²) in [6.07, 6.45) is -3.90. The monoisotopic (exact) mass is 306 g/mol. The first-order valence-electron chi connectivity index (χ1n) is 6.84. The van der Waals surface area contributed by atoms with Gasteiger partial charge < -0.3 is 5.73 Å². The van der Waals surface area contributed by atoms with Gasteiger partial charge >= 0.3 is 6.18 Å². The summed E-state index contributed by atoms with van der Waals surface area (Å²) >= 11 is 0. The van der Waals surface area contributed by atoms with E-state index in [-0.39, 0.29) is 12.1 Å². The van der Waals surface area contributed by atoms with Gasteiger partial charge in [-0.3, -0.25) is 4.90 Å². The van der Waals surface area contributed by atoms with Crippen LogP contribution >= 0.6 is 0 Å². The summed E-state index contributed by atoms with van der Waals surface area (Å²) < 4.78 is 51.8. The molecule has 0 aliphatic carbocycles. The molecule has 0 amide bonds. The van der Waals surface area contributed by atoms with Gasteiger partial charge in [-0.1, -0.05) is 13.0 Å². The number of nitrogens with zero attached hydrogens (tertiary/aromatic N) is 1. The van der Waals surface area contributed by atoms with Crippen LogP contribution in [-0.2, 0) is 6.18 Å². The molecule has 0 fully saturated rings. The van der Waals surface area contributed by atoms with Crippen molar-refractivity contribution in [2.24, 2.45) is 5.73 Å². The second kappa shape index (κ2) is 6.32. The van der Waals surface area contributed by atoms with E-state index < -0.39 is 23.6 Å². The van der Waals surface area contributed by atoms with E-state index in [4.69, 9.17) is 5.73 Å². The molecule has 1 rings (SSSR count). The number of halogens is 4. The van der Waals surface area contributed by atoms with E-state index in [1.165, 1.54) is 6.07 Å². The SMILES string of the molecule is CCC(C)(C)N(C)C(CN)c1ccc(F)c(C(F)(F)F)c1. The molecule has 0 bridgehead atoms. The van der Waals surface area contributed by atoms with Crippen LogP contribution in [0.2, 0.25) is 0 Å². The van der Waals surface area contributed by atoms with Crippen molar-refractivity contribution >= 4 is 0 Å². The first-order valence-corrected chi connectivity index (χ1v) is 6.84. The molecular weight excluding hydrogens is 284 g/mol. The van der Waals surface area contributed by atoms with Gasteiger partial charge in [-0.05, 0) is 45.0 Å². The fourth-order valence-electron chi connectivity index (χ4n) is 2.16. The zero-order chi connectivity index (χ0) is 16.4. The minimum atomic E-state index is -4.71. The first-order chi connectivity index (χ1) is 9.54. The van der Waals surface area contributed by atoms with Gasteiger partial charge in [0.1, 0.15) is 5.82 Å². The molecule has 0 saturated heterocycles. The highest BCUT2D eigenvalue weighted by atomic mass is 19.4. The minimum Gasteiger partial charge on any atom is -0.329 e. The van der Waals surface area contributed by atoms with Crippen molar-refractivity contribution in [1.29, 1.82) is 0 Å². The highest BCUT2D eigenvalue weighted by Crippen LogP contribution is 2.35. The Morgan fingerprint density at radius 3 is 2.24 bits per heavy atom. The zero-order valence-corrected chi connectivity index (χ0v) is 12.8. The number of rotatable bonds is 5. The Bertz CT molecular complexity index is 483. The third-order valence-corrected chi connectivity index (χ3v) is 4.19. The molecule has 0 spiro atoms. The lowest BCUT2D eigenvalue weighted by atomic mass is 9.94. The molecule has 21 heavy (non-hydrogen) atoms. The average molecular weight is 306 g/mol. The smallest absolute Gasteiger partial charge is 0.329 e. The Morgan fingerprint density at radius 2 is 1.81 bits per heavy atom. The molecule has 120 valence electrons. The molecule has 0 aliphatic rings. The summed E-state index contributed by atoms with van der Waals surface area (Å²) in [5.74, 6) is -1.26. The summed E-state index contributed by atoms with van der Waals surface area (Å²) in [6.45, 7) is 6.13. The van der Waals surface area contributed by atoms with E-state index in [9.17, 15) is 17.6 Å². The van der Waals surface area contributed by atoms with Crippen molar-refractivity contribution in [2.75, 3.05) is 13.6 Å². The lowest BCUT2D eigenvalue weighted by molar-refractivity contribution is -0.140. The third kappa shape index (κ3) is 3.95. The Hall–Kier alpha value is -1.14. The van der Waals surface area contributed by atoms with Crippen LogP contribution in [0.25, 0.3) is 0 Å². The van der Waals surface area contributed by atoms with Crippen molar-refractivity contribution in [3.63, 3.8) is 0 Å². The maximum atomic E-state index is 13.4.